The summed E-state index contributed by atoms with van der Waals surface area (Å²) in [6.45, 7) is 3.99. The molecule has 0 aliphatic heterocycles. The second-order valence-electron chi connectivity index (χ2n) is 3.89. The summed E-state index contributed by atoms with van der Waals surface area (Å²) in [5, 5.41) is 5.86. The molecule has 1 heterocycles. The van der Waals surface area contributed by atoms with Gasteiger partial charge in [-0.15, -0.1) is 11.3 Å². The molecule has 2 amide bonds. The van der Waals surface area contributed by atoms with Crippen LogP contribution in [-0.4, -0.2) is 17.7 Å². The molecule has 0 radical (unpaired) electrons. The summed E-state index contributed by atoms with van der Waals surface area (Å²) in [7, 11) is 0. The number of benzene rings is 1. The third-order valence-electron chi connectivity index (χ3n) is 2.46. The van der Waals surface area contributed by atoms with Crippen LogP contribution in [0.4, 0.5) is 9.93 Å². The molecule has 2 rings (SSSR count). The quantitative estimate of drug-likeness (QED) is 0.845. The van der Waals surface area contributed by atoms with Crippen molar-refractivity contribution >= 4 is 22.5 Å². The second kappa shape index (κ2) is 6.19. The topological polar surface area (TPSA) is 63.2 Å². The summed E-state index contributed by atoms with van der Waals surface area (Å²) in [5.41, 5.74) is 0.931. The largest absolute Gasteiger partial charge is 0.473 e. The minimum absolute atomic E-state index is 0.110. The van der Waals surface area contributed by atoms with Gasteiger partial charge in [0.2, 0.25) is 0 Å². The van der Waals surface area contributed by atoms with Gasteiger partial charge in [0.25, 0.3) is 0 Å². The van der Waals surface area contributed by atoms with E-state index in [0.717, 1.165) is 10.6 Å². The third-order valence-corrected chi connectivity index (χ3v) is 3.45. The number of nitrogens with one attached hydrogen (secondary N) is 2. The van der Waals surface area contributed by atoms with Gasteiger partial charge in [-0.05, 0) is 26.0 Å². The Kier molecular flexibility index (Phi) is 4.35. The first kappa shape index (κ1) is 13.4. The average molecular weight is 277 g/mol. The Balaban J connectivity index is 1.76. The van der Waals surface area contributed by atoms with Gasteiger partial charge in [0, 0.05) is 4.88 Å². The van der Waals surface area contributed by atoms with E-state index in [0.29, 0.717) is 10.9 Å². The highest BCUT2D eigenvalue weighted by Gasteiger charge is 2.07. The molecule has 100 valence electrons. The van der Waals surface area contributed by atoms with Gasteiger partial charge in [-0.25, -0.2) is 9.78 Å². The summed E-state index contributed by atoms with van der Waals surface area (Å²) in [5.74, 6) is 0.712. The van der Waals surface area contributed by atoms with Gasteiger partial charge in [0.15, 0.2) is 11.9 Å². The first-order valence-electron chi connectivity index (χ1n) is 5.82. The van der Waals surface area contributed by atoms with Crippen LogP contribution in [0, 0.1) is 13.8 Å². The summed E-state index contributed by atoms with van der Waals surface area (Å²) >= 11 is 1.45. The maximum absolute atomic E-state index is 11.6. The van der Waals surface area contributed by atoms with E-state index >= 15 is 0 Å². The van der Waals surface area contributed by atoms with Crippen LogP contribution in [0.1, 0.15) is 10.6 Å². The maximum Gasteiger partial charge on any atom is 0.323 e. The lowest BCUT2D eigenvalue weighted by Crippen LogP contribution is -2.31. The minimum atomic E-state index is -0.329. The summed E-state index contributed by atoms with van der Waals surface area (Å²) < 4.78 is 5.35. The number of thiazole rings is 1. The predicted molar refractivity (Wildman–Crippen MR) is 75.7 cm³/mol. The van der Waals surface area contributed by atoms with Crippen LogP contribution in [0.15, 0.2) is 30.3 Å². The molecule has 0 unspecified atom stereocenters. The van der Waals surface area contributed by atoms with Gasteiger partial charge in [0.05, 0.1) is 5.69 Å². The molecule has 1 aromatic heterocycles. The number of urea groups is 1. The number of hydrogen-bond acceptors (Lipinski definition) is 4. The van der Waals surface area contributed by atoms with Gasteiger partial charge in [0.1, 0.15) is 5.75 Å². The Bertz CT molecular complexity index is 535. The molecule has 1 aromatic carbocycles. The SMILES string of the molecule is Cc1nc(NC(=O)NCOc2ccccc2)sc1C. The van der Waals surface area contributed by atoms with Crippen LogP contribution in [-0.2, 0) is 0 Å². The molecule has 0 aliphatic carbocycles. The molecule has 19 heavy (non-hydrogen) atoms. The number of carbonyl (C=O) groups is 1. The first-order chi connectivity index (χ1) is 9.15. The molecule has 2 aromatic rings. The Morgan fingerprint density at radius 1 is 1.32 bits per heavy atom. The Morgan fingerprint density at radius 2 is 2.05 bits per heavy atom. The number of ether oxygens (including phenoxy) is 1. The normalized spacial score (nSPS) is 10.0. The van der Waals surface area contributed by atoms with Crippen molar-refractivity contribution in [3.63, 3.8) is 0 Å². The molecule has 2 N–H and O–H groups in total. The van der Waals surface area contributed by atoms with Crippen molar-refractivity contribution in [1.29, 1.82) is 0 Å². The summed E-state index contributed by atoms with van der Waals surface area (Å²) in [6, 6.07) is 8.97. The predicted octanol–water partition coefficient (Wildman–Crippen LogP) is 2.92. The number of anilines is 1. The number of rotatable bonds is 4. The molecule has 0 spiro atoms. The zero-order chi connectivity index (χ0) is 13.7. The Labute approximate surface area is 115 Å². The van der Waals surface area contributed by atoms with Gasteiger partial charge in [-0.1, -0.05) is 18.2 Å². The molecule has 0 bridgehead atoms. The van der Waals surface area contributed by atoms with Crippen molar-refractivity contribution in [2.75, 3.05) is 12.0 Å². The molecule has 0 saturated heterocycles. The minimum Gasteiger partial charge on any atom is -0.473 e. The molecule has 5 nitrogen and oxygen atoms in total. The number of nitrogens with zero attached hydrogens (tertiary/aromatic N) is 1. The average Bonchev–Trinajstić information content (AvgIpc) is 2.69. The molecule has 0 aliphatic rings. The van der Waals surface area contributed by atoms with Crippen molar-refractivity contribution in [2.24, 2.45) is 0 Å². The van der Waals surface area contributed by atoms with Crippen molar-refractivity contribution in [3.05, 3.63) is 40.9 Å². The number of aryl methyl sites for hydroxylation is 2. The fourth-order valence-corrected chi connectivity index (χ4v) is 2.18. The van der Waals surface area contributed by atoms with E-state index in [1.165, 1.54) is 11.3 Å². The van der Waals surface area contributed by atoms with Crippen LogP contribution >= 0.6 is 11.3 Å². The van der Waals surface area contributed by atoms with E-state index < -0.39 is 0 Å². The molecule has 6 heteroatoms. The molecule has 0 fully saturated rings. The lowest BCUT2D eigenvalue weighted by atomic mass is 10.3. The van der Waals surface area contributed by atoms with Crippen LogP contribution in [0.2, 0.25) is 0 Å². The van der Waals surface area contributed by atoms with E-state index in [1.807, 2.05) is 44.2 Å². The van der Waals surface area contributed by atoms with Gasteiger partial charge in [-0.2, -0.15) is 0 Å². The van der Waals surface area contributed by atoms with Crippen LogP contribution < -0.4 is 15.4 Å². The van der Waals surface area contributed by atoms with Crippen molar-refractivity contribution < 1.29 is 9.53 Å². The van der Waals surface area contributed by atoms with E-state index in [4.69, 9.17) is 4.74 Å². The highest BCUT2D eigenvalue weighted by atomic mass is 32.1. The first-order valence-corrected chi connectivity index (χ1v) is 6.63. The fraction of sp³-hybridized carbons (Fsp3) is 0.231. The molecular formula is C13H15N3O2S. The Morgan fingerprint density at radius 3 is 2.68 bits per heavy atom. The molecule has 0 atom stereocenters. The van der Waals surface area contributed by atoms with E-state index in [1.54, 1.807) is 0 Å². The zero-order valence-corrected chi connectivity index (χ0v) is 11.6. The standard InChI is InChI=1S/C13H15N3O2S/c1-9-10(2)19-13(15-9)16-12(17)14-8-18-11-6-4-3-5-7-11/h3-7H,8H2,1-2H3,(H2,14,15,16,17). The zero-order valence-electron chi connectivity index (χ0n) is 10.8. The van der Waals surface area contributed by atoms with Gasteiger partial charge in [-0.3, -0.25) is 5.32 Å². The van der Waals surface area contributed by atoms with Crippen molar-refractivity contribution in [3.8, 4) is 5.75 Å². The van der Waals surface area contributed by atoms with Crippen LogP contribution in [0.25, 0.3) is 0 Å². The monoisotopic (exact) mass is 277 g/mol. The van der Waals surface area contributed by atoms with Crippen LogP contribution in [0.5, 0.6) is 5.75 Å². The van der Waals surface area contributed by atoms with E-state index in [9.17, 15) is 4.79 Å². The molecule has 0 saturated carbocycles. The highest BCUT2D eigenvalue weighted by Crippen LogP contribution is 2.20. The van der Waals surface area contributed by atoms with Crippen molar-refractivity contribution in [1.82, 2.24) is 10.3 Å². The summed E-state index contributed by atoms with van der Waals surface area (Å²) in [6.07, 6.45) is 0. The number of amides is 2. The molecular weight excluding hydrogens is 262 g/mol. The maximum atomic E-state index is 11.6. The number of carbonyl (C=O) groups excluding carboxylic acids is 1. The number of para-hydroxylation sites is 1. The van der Waals surface area contributed by atoms with E-state index in [-0.39, 0.29) is 12.8 Å². The lowest BCUT2D eigenvalue weighted by Gasteiger charge is -2.07. The smallest absolute Gasteiger partial charge is 0.323 e. The van der Waals surface area contributed by atoms with Crippen LogP contribution in [0.3, 0.4) is 0 Å². The second-order valence-corrected chi connectivity index (χ2v) is 5.10. The number of hydrogen-bond donors (Lipinski definition) is 2. The lowest BCUT2D eigenvalue weighted by molar-refractivity contribution is 0.234. The van der Waals surface area contributed by atoms with Gasteiger partial charge >= 0.3 is 6.03 Å². The van der Waals surface area contributed by atoms with Gasteiger partial charge < -0.3 is 10.1 Å². The highest BCUT2D eigenvalue weighted by molar-refractivity contribution is 7.15. The van der Waals surface area contributed by atoms with E-state index in [2.05, 4.69) is 15.6 Å². The number of aromatic nitrogens is 1. The Hall–Kier alpha value is -2.08. The summed E-state index contributed by atoms with van der Waals surface area (Å²) in [4.78, 5) is 16.9. The fourth-order valence-electron chi connectivity index (χ4n) is 1.37. The van der Waals surface area contributed by atoms with Crippen molar-refractivity contribution in [2.45, 2.75) is 13.8 Å². The third kappa shape index (κ3) is 3.96.